The third-order valence-corrected chi connectivity index (χ3v) is 8.64. The Labute approximate surface area is 199 Å². The SMILES string of the molecule is Cc1nc(-c2ccc(CCNC(=O)c3cc(S(=O)(=O)N4CCCCC4)ccc3C)cc2)cs1. The number of aromatic nitrogens is 1. The highest BCUT2D eigenvalue weighted by Crippen LogP contribution is 2.24. The fraction of sp³-hybridized carbons (Fsp3) is 0.360. The van der Waals surface area contributed by atoms with Crippen molar-refractivity contribution in [3.63, 3.8) is 0 Å². The molecule has 4 rings (SSSR count). The van der Waals surface area contributed by atoms with Gasteiger partial charge in [-0.15, -0.1) is 11.3 Å². The average molecular weight is 484 g/mol. The minimum Gasteiger partial charge on any atom is -0.352 e. The van der Waals surface area contributed by atoms with Gasteiger partial charge >= 0.3 is 0 Å². The summed E-state index contributed by atoms with van der Waals surface area (Å²) in [5, 5.41) is 6.03. The van der Waals surface area contributed by atoms with E-state index in [-0.39, 0.29) is 10.8 Å². The molecular formula is C25H29N3O3S2. The fourth-order valence-corrected chi connectivity index (χ4v) is 6.18. The molecule has 1 aromatic heterocycles. The lowest BCUT2D eigenvalue weighted by atomic mass is 10.1. The van der Waals surface area contributed by atoms with E-state index in [0.29, 0.717) is 31.6 Å². The third kappa shape index (κ3) is 5.51. The average Bonchev–Trinajstić information content (AvgIpc) is 3.26. The summed E-state index contributed by atoms with van der Waals surface area (Å²) in [4.78, 5) is 17.5. The smallest absolute Gasteiger partial charge is 0.251 e. The van der Waals surface area contributed by atoms with E-state index < -0.39 is 10.0 Å². The van der Waals surface area contributed by atoms with E-state index in [2.05, 4.69) is 10.3 Å². The van der Waals surface area contributed by atoms with Crippen molar-refractivity contribution in [1.82, 2.24) is 14.6 Å². The number of hydrogen-bond acceptors (Lipinski definition) is 5. The molecule has 3 aromatic rings. The molecule has 1 saturated heterocycles. The molecule has 2 heterocycles. The predicted molar refractivity (Wildman–Crippen MR) is 132 cm³/mol. The Hall–Kier alpha value is -2.55. The minimum atomic E-state index is -3.57. The zero-order chi connectivity index (χ0) is 23.4. The molecule has 1 amide bonds. The number of sulfonamides is 1. The number of amides is 1. The van der Waals surface area contributed by atoms with Crippen LogP contribution < -0.4 is 5.32 Å². The molecule has 1 N–H and O–H groups in total. The van der Waals surface area contributed by atoms with Crippen LogP contribution in [0.3, 0.4) is 0 Å². The van der Waals surface area contributed by atoms with Crippen molar-refractivity contribution in [2.75, 3.05) is 19.6 Å². The summed E-state index contributed by atoms with van der Waals surface area (Å²) < 4.78 is 27.5. The van der Waals surface area contributed by atoms with Crippen LogP contribution in [0, 0.1) is 13.8 Å². The summed E-state index contributed by atoms with van der Waals surface area (Å²) in [5.74, 6) is -0.252. The van der Waals surface area contributed by atoms with Crippen molar-refractivity contribution in [3.05, 3.63) is 69.5 Å². The molecule has 0 radical (unpaired) electrons. The summed E-state index contributed by atoms with van der Waals surface area (Å²) in [6.45, 7) is 5.37. The number of rotatable bonds is 7. The molecule has 0 aliphatic carbocycles. The van der Waals surface area contributed by atoms with Crippen LogP contribution in [0.25, 0.3) is 11.3 Å². The quantitative estimate of drug-likeness (QED) is 0.534. The zero-order valence-electron chi connectivity index (χ0n) is 19.0. The predicted octanol–water partition coefficient (Wildman–Crippen LogP) is 4.57. The van der Waals surface area contributed by atoms with Gasteiger partial charge in [0, 0.05) is 36.1 Å². The van der Waals surface area contributed by atoms with Gasteiger partial charge in [-0.2, -0.15) is 4.31 Å². The van der Waals surface area contributed by atoms with Gasteiger partial charge in [0.25, 0.3) is 5.91 Å². The van der Waals surface area contributed by atoms with Crippen LogP contribution in [0.1, 0.15) is 45.8 Å². The number of nitrogens with zero attached hydrogens (tertiary/aromatic N) is 2. The largest absolute Gasteiger partial charge is 0.352 e. The number of aryl methyl sites for hydroxylation is 2. The van der Waals surface area contributed by atoms with E-state index in [4.69, 9.17) is 0 Å². The molecular weight excluding hydrogens is 454 g/mol. The van der Waals surface area contributed by atoms with E-state index in [1.54, 1.807) is 23.5 Å². The Bertz CT molecular complexity index is 1230. The minimum absolute atomic E-state index is 0.188. The zero-order valence-corrected chi connectivity index (χ0v) is 20.6. The molecule has 6 nitrogen and oxygen atoms in total. The van der Waals surface area contributed by atoms with Gasteiger partial charge < -0.3 is 5.32 Å². The lowest BCUT2D eigenvalue weighted by molar-refractivity contribution is 0.0953. The Morgan fingerprint density at radius 1 is 1.06 bits per heavy atom. The van der Waals surface area contributed by atoms with Crippen LogP contribution in [0.5, 0.6) is 0 Å². The lowest BCUT2D eigenvalue weighted by Crippen LogP contribution is -2.35. The second-order valence-corrected chi connectivity index (χ2v) is 11.4. The molecule has 0 spiro atoms. The van der Waals surface area contributed by atoms with Gasteiger partial charge in [0.2, 0.25) is 10.0 Å². The summed E-state index contributed by atoms with van der Waals surface area (Å²) in [6.07, 6.45) is 3.50. The number of nitrogens with one attached hydrogen (secondary N) is 1. The van der Waals surface area contributed by atoms with Gasteiger partial charge in [-0.1, -0.05) is 36.8 Å². The normalized spacial score (nSPS) is 14.8. The number of carbonyl (C=O) groups is 1. The Kier molecular flexibility index (Phi) is 7.26. The highest BCUT2D eigenvalue weighted by atomic mass is 32.2. The second-order valence-electron chi connectivity index (χ2n) is 8.40. The first kappa shape index (κ1) is 23.6. The van der Waals surface area contributed by atoms with Crippen molar-refractivity contribution < 1.29 is 13.2 Å². The summed E-state index contributed by atoms with van der Waals surface area (Å²) in [5.41, 5.74) is 4.33. The summed E-state index contributed by atoms with van der Waals surface area (Å²) in [6, 6.07) is 13.0. The first-order valence-corrected chi connectivity index (χ1v) is 13.6. The van der Waals surface area contributed by atoms with Crippen LogP contribution >= 0.6 is 11.3 Å². The van der Waals surface area contributed by atoms with Gasteiger partial charge in [-0.25, -0.2) is 13.4 Å². The summed E-state index contributed by atoms with van der Waals surface area (Å²) >= 11 is 1.63. The van der Waals surface area contributed by atoms with Gasteiger partial charge in [-0.3, -0.25) is 4.79 Å². The highest BCUT2D eigenvalue weighted by Gasteiger charge is 2.27. The molecule has 2 aromatic carbocycles. The van der Waals surface area contributed by atoms with Crippen LogP contribution in [-0.2, 0) is 16.4 Å². The first-order chi connectivity index (χ1) is 15.8. The Balaban J connectivity index is 1.39. The monoisotopic (exact) mass is 483 g/mol. The van der Waals surface area contributed by atoms with Crippen molar-refractivity contribution >= 4 is 27.3 Å². The van der Waals surface area contributed by atoms with Gasteiger partial charge in [0.15, 0.2) is 0 Å². The van der Waals surface area contributed by atoms with E-state index in [1.165, 1.54) is 10.4 Å². The number of benzene rings is 2. The van der Waals surface area contributed by atoms with E-state index in [9.17, 15) is 13.2 Å². The number of carbonyl (C=O) groups excluding carboxylic acids is 1. The topological polar surface area (TPSA) is 79.4 Å². The van der Waals surface area contributed by atoms with Crippen LogP contribution in [0.2, 0.25) is 0 Å². The lowest BCUT2D eigenvalue weighted by Gasteiger charge is -2.26. The maximum absolute atomic E-state index is 13.0. The van der Waals surface area contributed by atoms with Crippen LogP contribution in [0.4, 0.5) is 0 Å². The summed E-state index contributed by atoms with van der Waals surface area (Å²) in [7, 11) is -3.57. The van der Waals surface area contributed by atoms with Crippen molar-refractivity contribution in [3.8, 4) is 11.3 Å². The fourth-order valence-electron chi connectivity index (χ4n) is 4.01. The molecule has 1 fully saturated rings. The molecule has 8 heteroatoms. The number of piperidine rings is 1. The van der Waals surface area contributed by atoms with Gasteiger partial charge in [-0.05, 0) is 56.4 Å². The van der Waals surface area contributed by atoms with Gasteiger partial charge in [0.1, 0.15) is 0 Å². The van der Waals surface area contributed by atoms with E-state index in [0.717, 1.165) is 46.7 Å². The molecule has 1 aliphatic rings. The van der Waals surface area contributed by atoms with Crippen molar-refractivity contribution in [2.24, 2.45) is 0 Å². The molecule has 0 bridgehead atoms. The molecule has 174 valence electrons. The second kappa shape index (κ2) is 10.2. The molecule has 33 heavy (non-hydrogen) atoms. The van der Waals surface area contributed by atoms with Gasteiger partial charge in [0.05, 0.1) is 15.6 Å². The van der Waals surface area contributed by atoms with Crippen molar-refractivity contribution in [1.29, 1.82) is 0 Å². The molecule has 1 aliphatic heterocycles. The van der Waals surface area contributed by atoms with Crippen LogP contribution in [-0.4, -0.2) is 43.2 Å². The number of thiazole rings is 1. The maximum Gasteiger partial charge on any atom is 0.251 e. The Morgan fingerprint density at radius 2 is 1.79 bits per heavy atom. The Morgan fingerprint density at radius 3 is 2.45 bits per heavy atom. The van der Waals surface area contributed by atoms with Crippen LogP contribution in [0.15, 0.2) is 52.7 Å². The molecule has 0 saturated carbocycles. The standard InChI is InChI=1S/C25H29N3O3S2/c1-18-6-11-22(33(30,31)28-14-4-3-5-15-28)16-23(18)25(29)26-13-12-20-7-9-21(10-8-20)24-17-32-19(2)27-24/h6-11,16-17H,3-5,12-15H2,1-2H3,(H,26,29). The highest BCUT2D eigenvalue weighted by molar-refractivity contribution is 7.89. The maximum atomic E-state index is 13.0. The van der Waals surface area contributed by atoms with Crippen molar-refractivity contribution in [2.45, 2.75) is 44.4 Å². The molecule has 0 atom stereocenters. The van der Waals surface area contributed by atoms with E-state index in [1.807, 2.05) is 43.5 Å². The molecule has 0 unspecified atom stereocenters. The van der Waals surface area contributed by atoms with E-state index >= 15 is 0 Å². The third-order valence-electron chi connectivity index (χ3n) is 5.97. The first-order valence-electron chi connectivity index (χ1n) is 11.2. The number of hydrogen-bond donors (Lipinski definition) is 1.